The van der Waals surface area contributed by atoms with Gasteiger partial charge in [0.1, 0.15) is 17.9 Å². The summed E-state index contributed by atoms with van der Waals surface area (Å²) in [6, 6.07) is 0. The maximum absolute atomic E-state index is 12.5. The van der Waals surface area contributed by atoms with Gasteiger partial charge in [-0.1, -0.05) is 31.6 Å². The fourth-order valence-corrected chi connectivity index (χ4v) is 3.44. The number of carbonyl (C=O) groups excluding carboxylic acids is 4. The molecule has 1 heterocycles. The Morgan fingerprint density at radius 1 is 1.16 bits per heavy atom. The topological polar surface area (TPSA) is 118 Å². The average molecular weight is 449 g/mol. The van der Waals surface area contributed by atoms with Gasteiger partial charge in [0.25, 0.3) is 0 Å². The molecule has 0 aromatic carbocycles. The molecule has 7 nitrogen and oxygen atoms in total. The van der Waals surface area contributed by atoms with E-state index in [4.69, 9.17) is 0 Å². The highest BCUT2D eigenvalue weighted by Crippen LogP contribution is 2.27. The molecule has 0 bridgehead atoms. The van der Waals surface area contributed by atoms with Crippen molar-refractivity contribution in [3.8, 4) is 0 Å². The first kappa shape index (κ1) is 27.7. The summed E-state index contributed by atoms with van der Waals surface area (Å²) in [5, 5.41) is 19.6. The van der Waals surface area contributed by atoms with Crippen LogP contribution in [0.15, 0.2) is 34.9 Å². The molecule has 0 aliphatic carbocycles. The molecule has 0 fully saturated rings. The molecule has 0 spiro atoms. The van der Waals surface area contributed by atoms with Crippen LogP contribution in [-0.2, 0) is 23.9 Å². The monoisotopic (exact) mass is 448 g/mol. The fourth-order valence-electron chi connectivity index (χ4n) is 3.44. The number of ether oxygens (including phenoxy) is 1. The molecule has 178 valence electrons. The molecule has 2 atom stereocenters. The molecule has 1 aliphatic rings. The second kappa shape index (κ2) is 13.2. The molecular weight excluding hydrogens is 412 g/mol. The lowest BCUT2D eigenvalue weighted by atomic mass is 9.80. The number of Topliss-reactive ketones (excluding diaryl/α,β-unsaturated/α-hetero) is 2. The highest BCUT2D eigenvalue weighted by atomic mass is 16.6. The second-order valence-corrected chi connectivity index (χ2v) is 9.03. The quantitative estimate of drug-likeness (QED) is 0.170. The number of aliphatic hydroxyl groups excluding tert-OH is 2. The van der Waals surface area contributed by atoms with E-state index >= 15 is 0 Å². The lowest BCUT2D eigenvalue weighted by molar-refractivity contribution is -0.152. The van der Waals surface area contributed by atoms with Crippen LogP contribution < -0.4 is 0 Å². The standard InChI is InChI=1S/C25H36O7/c1-17(10-13-22(29)25(3,4)14-6-8-18(2)27)7-5-9-19(16-26)11-12-21(28)20-15-23(30)32-24(20)31/h7,11,15-16,21,24,28,31H,5-6,8-10,12-14H2,1-4H3. The summed E-state index contributed by atoms with van der Waals surface area (Å²) in [4.78, 5) is 46.0. The van der Waals surface area contributed by atoms with E-state index in [2.05, 4.69) is 4.74 Å². The Morgan fingerprint density at radius 2 is 1.84 bits per heavy atom. The Kier molecular flexibility index (Phi) is 11.4. The van der Waals surface area contributed by atoms with Gasteiger partial charge in [-0.25, -0.2) is 4.79 Å². The van der Waals surface area contributed by atoms with Gasteiger partial charge in [0.15, 0.2) is 0 Å². The molecule has 0 aromatic heterocycles. The molecule has 0 aromatic rings. The number of esters is 1. The van der Waals surface area contributed by atoms with E-state index in [0.29, 0.717) is 44.1 Å². The van der Waals surface area contributed by atoms with E-state index in [1.807, 2.05) is 26.8 Å². The number of hydrogen-bond acceptors (Lipinski definition) is 7. The summed E-state index contributed by atoms with van der Waals surface area (Å²) in [5.41, 5.74) is 1.22. The van der Waals surface area contributed by atoms with Gasteiger partial charge in [-0.05, 0) is 57.9 Å². The zero-order valence-electron chi connectivity index (χ0n) is 19.6. The molecule has 0 amide bonds. The number of aldehydes is 1. The molecular formula is C25H36O7. The first-order valence-electron chi connectivity index (χ1n) is 11.1. The van der Waals surface area contributed by atoms with Crippen molar-refractivity contribution in [3.05, 3.63) is 34.9 Å². The van der Waals surface area contributed by atoms with Gasteiger partial charge in [-0.15, -0.1) is 0 Å². The minimum atomic E-state index is -1.45. The van der Waals surface area contributed by atoms with Gasteiger partial charge in [-0.3, -0.25) is 9.59 Å². The Morgan fingerprint density at radius 3 is 2.41 bits per heavy atom. The maximum Gasteiger partial charge on any atom is 0.333 e. The number of cyclic esters (lactones) is 1. The normalized spacial score (nSPS) is 18.2. The van der Waals surface area contributed by atoms with Crippen molar-refractivity contribution in [2.75, 3.05) is 0 Å². The van der Waals surface area contributed by atoms with E-state index in [1.54, 1.807) is 13.0 Å². The van der Waals surface area contributed by atoms with Crippen LogP contribution in [0.2, 0.25) is 0 Å². The third-order valence-electron chi connectivity index (χ3n) is 5.69. The molecule has 2 unspecified atom stereocenters. The molecule has 0 saturated heterocycles. The summed E-state index contributed by atoms with van der Waals surface area (Å²) < 4.78 is 4.54. The number of aliphatic hydroxyl groups is 2. The van der Waals surface area contributed by atoms with Crippen molar-refractivity contribution in [2.45, 2.75) is 91.5 Å². The Labute approximate surface area is 190 Å². The van der Waals surface area contributed by atoms with Gasteiger partial charge in [0.2, 0.25) is 6.29 Å². The van der Waals surface area contributed by atoms with Crippen molar-refractivity contribution >= 4 is 23.8 Å². The van der Waals surface area contributed by atoms with E-state index in [1.165, 1.54) is 0 Å². The van der Waals surface area contributed by atoms with Crippen molar-refractivity contribution < 1.29 is 34.1 Å². The summed E-state index contributed by atoms with van der Waals surface area (Å²) in [6.07, 6.45) is 7.02. The zero-order valence-corrected chi connectivity index (χ0v) is 19.6. The lowest BCUT2D eigenvalue weighted by Gasteiger charge is -2.23. The summed E-state index contributed by atoms with van der Waals surface area (Å²) in [7, 11) is 0. The van der Waals surface area contributed by atoms with Gasteiger partial charge >= 0.3 is 5.97 Å². The SMILES string of the molecule is CC(=O)CCCC(C)(C)C(=O)CCC(C)=CCCC(C=O)=CCC(O)C1=CC(=O)OC1O. The molecule has 7 heteroatoms. The third kappa shape index (κ3) is 9.83. The second-order valence-electron chi connectivity index (χ2n) is 9.03. The molecule has 32 heavy (non-hydrogen) atoms. The molecule has 0 radical (unpaired) electrons. The highest BCUT2D eigenvalue weighted by Gasteiger charge is 2.28. The van der Waals surface area contributed by atoms with Crippen LogP contribution in [-0.4, -0.2) is 46.4 Å². The number of carbonyl (C=O) groups is 4. The first-order valence-corrected chi connectivity index (χ1v) is 11.1. The number of ketones is 2. The third-order valence-corrected chi connectivity index (χ3v) is 5.69. The van der Waals surface area contributed by atoms with E-state index in [0.717, 1.165) is 24.4 Å². The predicted molar refractivity (Wildman–Crippen MR) is 120 cm³/mol. The van der Waals surface area contributed by atoms with Crippen LogP contribution in [0, 0.1) is 5.41 Å². The lowest BCUT2D eigenvalue weighted by Crippen LogP contribution is -2.24. The average Bonchev–Trinajstić information content (AvgIpc) is 3.05. The first-order chi connectivity index (χ1) is 15.0. The largest absolute Gasteiger partial charge is 0.429 e. The molecule has 1 aliphatic heterocycles. The van der Waals surface area contributed by atoms with Gasteiger partial charge in [-0.2, -0.15) is 0 Å². The minimum absolute atomic E-state index is 0.0844. The van der Waals surface area contributed by atoms with Gasteiger partial charge in [0.05, 0.1) is 6.10 Å². The number of hydrogen-bond donors (Lipinski definition) is 2. The van der Waals surface area contributed by atoms with Crippen LogP contribution in [0.3, 0.4) is 0 Å². The minimum Gasteiger partial charge on any atom is -0.429 e. The zero-order chi connectivity index (χ0) is 24.3. The fraction of sp³-hybridized carbons (Fsp3) is 0.600. The summed E-state index contributed by atoms with van der Waals surface area (Å²) in [6.45, 7) is 7.36. The Balaban J connectivity index is 2.45. The van der Waals surface area contributed by atoms with Crippen molar-refractivity contribution in [1.29, 1.82) is 0 Å². The summed E-state index contributed by atoms with van der Waals surface area (Å²) >= 11 is 0. The van der Waals surface area contributed by atoms with E-state index < -0.39 is 23.8 Å². The van der Waals surface area contributed by atoms with Gasteiger partial charge in [0, 0.05) is 29.9 Å². The Hall–Kier alpha value is -2.38. The highest BCUT2D eigenvalue weighted by molar-refractivity contribution is 5.86. The number of allylic oxidation sites excluding steroid dienone is 3. The smallest absolute Gasteiger partial charge is 0.333 e. The van der Waals surface area contributed by atoms with E-state index in [9.17, 15) is 29.4 Å². The van der Waals surface area contributed by atoms with Gasteiger partial charge < -0.3 is 19.7 Å². The number of rotatable bonds is 15. The van der Waals surface area contributed by atoms with Crippen LogP contribution in [0.5, 0.6) is 0 Å². The van der Waals surface area contributed by atoms with Crippen molar-refractivity contribution in [2.24, 2.45) is 5.41 Å². The van der Waals surface area contributed by atoms with Crippen LogP contribution >= 0.6 is 0 Å². The molecule has 1 rings (SSSR count). The van der Waals surface area contributed by atoms with Crippen LogP contribution in [0.1, 0.15) is 79.1 Å². The predicted octanol–water partition coefficient (Wildman–Crippen LogP) is 3.53. The van der Waals surface area contributed by atoms with Crippen molar-refractivity contribution in [1.82, 2.24) is 0 Å². The van der Waals surface area contributed by atoms with Crippen LogP contribution in [0.25, 0.3) is 0 Å². The maximum atomic E-state index is 12.5. The van der Waals surface area contributed by atoms with E-state index in [-0.39, 0.29) is 23.6 Å². The Bertz CT molecular complexity index is 786. The summed E-state index contributed by atoms with van der Waals surface area (Å²) in [5.74, 6) is -0.380. The van der Waals surface area contributed by atoms with Crippen LogP contribution in [0.4, 0.5) is 0 Å². The molecule has 0 saturated carbocycles. The molecule has 2 N–H and O–H groups in total. The van der Waals surface area contributed by atoms with Crippen molar-refractivity contribution in [3.63, 3.8) is 0 Å².